The van der Waals surface area contributed by atoms with E-state index in [0.717, 1.165) is 22.2 Å². The van der Waals surface area contributed by atoms with E-state index in [1.807, 2.05) is 37.3 Å². The summed E-state index contributed by atoms with van der Waals surface area (Å²) < 4.78 is 0. The second-order valence-corrected chi connectivity index (χ2v) is 4.48. The van der Waals surface area contributed by atoms with Crippen LogP contribution >= 0.6 is 0 Å². The molecule has 0 saturated carbocycles. The summed E-state index contributed by atoms with van der Waals surface area (Å²) >= 11 is 0. The largest absolute Gasteiger partial charge is 0.307 e. The molecule has 1 atom stereocenters. The van der Waals surface area contributed by atoms with Gasteiger partial charge in [-0.2, -0.15) is 0 Å². The predicted molar refractivity (Wildman–Crippen MR) is 70.6 cm³/mol. The van der Waals surface area contributed by atoms with Crippen molar-refractivity contribution >= 4 is 22.6 Å². The van der Waals surface area contributed by atoms with Crippen molar-refractivity contribution in [2.75, 3.05) is 0 Å². The highest BCUT2D eigenvalue weighted by molar-refractivity contribution is 6.13. The predicted octanol–water partition coefficient (Wildman–Crippen LogP) is 1.81. The number of aliphatic imine (C=N–C) groups is 1. The van der Waals surface area contributed by atoms with Crippen LogP contribution in [0.2, 0.25) is 0 Å². The van der Waals surface area contributed by atoms with E-state index in [4.69, 9.17) is 0 Å². The Morgan fingerprint density at radius 2 is 2.06 bits per heavy atom. The number of amides is 1. The maximum absolute atomic E-state index is 11.5. The first-order chi connectivity index (χ1) is 8.65. The van der Waals surface area contributed by atoms with Gasteiger partial charge in [-0.3, -0.25) is 9.79 Å². The third kappa shape index (κ3) is 1.66. The number of carbonyl (C=O) groups excluding carboxylic acids is 1. The minimum absolute atomic E-state index is 0.0717. The van der Waals surface area contributed by atoms with Crippen LogP contribution in [0.4, 0.5) is 0 Å². The van der Waals surface area contributed by atoms with Gasteiger partial charge in [-0.25, -0.2) is 4.98 Å². The normalized spacial score (nSPS) is 18.9. The minimum atomic E-state index is -0.325. The average Bonchev–Trinajstić information content (AvgIpc) is 2.70. The number of aryl methyl sites for hydroxylation is 1. The van der Waals surface area contributed by atoms with Gasteiger partial charge in [-0.15, -0.1) is 0 Å². The molecule has 0 fully saturated rings. The summed E-state index contributed by atoms with van der Waals surface area (Å²) in [7, 11) is 0. The fraction of sp³-hybridized carbons (Fsp3) is 0.214. The molecule has 2 aromatic rings. The minimum Gasteiger partial charge on any atom is -0.307 e. The van der Waals surface area contributed by atoms with Crippen molar-refractivity contribution in [3.05, 3.63) is 41.6 Å². The number of nitrogens with one attached hydrogen (secondary N) is 1. The SMILES string of the molecule is Cc1cc(C2=NC(C)C(=O)N2)nc2ccccc12. The monoisotopic (exact) mass is 239 g/mol. The first-order valence-corrected chi connectivity index (χ1v) is 5.90. The van der Waals surface area contributed by atoms with Crippen molar-refractivity contribution in [3.8, 4) is 0 Å². The molecule has 2 heterocycles. The van der Waals surface area contributed by atoms with Crippen LogP contribution in [0.1, 0.15) is 18.2 Å². The molecular weight excluding hydrogens is 226 g/mol. The molecule has 3 rings (SSSR count). The molecule has 0 saturated heterocycles. The number of para-hydroxylation sites is 1. The standard InChI is InChI=1S/C14H13N3O/c1-8-7-12(13-15-9(2)14(18)17-13)16-11-6-4-3-5-10(8)11/h3-7,9H,1-2H3,(H,15,17,18). The summed E-state index contributed by atoms with van der Waals surface area (Å²) in [6, 6.07) is 9.59. The van der Waals surface area contributed by atoms with Gasteiger partial charge < -0.3 is 5.32 Å². The van der Waals surface area contributed by atoms with Crippen molar-refractivity contribution in [2.24, 2.45) is 4.99 Å². The van der Waals surface area contributed by atoms with Gasteiger partial charge >= 0.3 is 0 Å². The van der Waals surface area contributed by atoms with E-state index in [1.165, 1.54) is 0 Å². The fourth-order valence-corrected chi connectivity index (χ4v) is 2.11. The van der Waals surface area contributed by atoms with Crippen molar-refractivity contribution in [1.29, 1.82) is 0 Å². The lowest BCUT2D eigenvalue weighted by molar-refractivity contribution is -0.119. The fourth-order valence-electron chi connectivity index (χ4n) is 2.11. The molecule has 4 heteroatoms. The summed E-state index contributed by atoms with van der Waals surface area (Å²) in [5.41, 5.74) is 2.78. The summed E-state index contributed by atoms with van der Waals surface area (Å²) in [6.07, 6.45) is 0. The zero-order valence-corrected chi connectivity index (χ0v) is 10.3. The number of hydrogen-bond donors (Lipinski definition) is 1. The smallest absolute Gasteiger partial charge is 0.250 e. The Labute approximate surface area is 105 Å². The van der Waals surface area contributed by atoms with Gasteiger partial charge in [0.15, 0.2) is 5.84 Å². The van der Waals surface area contributed by atoms with Gasteiger partial charge in [0, 0.05) is 5.39 Å². The lowest BCUT2D eigenvalue weighted by Gasteiger charge is -2.06. The molecule has 4 nitrogen and oxygen atoms in total. The van der Waals surface area contributed by atoms with Gasteiger partial charge in [-0.05, 0) is 31.5 Å². The number of nitrogens with zero attached hydrogens (tertiary/aromatic N) is 2. The van der Waals surface area contributed by atoms with E-state index in [9.17, 15) is 4.79 Å². The molecule has 90 valence electrons. The highest BCUT2D eigenvalue weighted by Gasteiger charge is 2.23. The molecule has 0 spiro atoms. The van der Waals surface area contributed by atoms with E-state index in [2.05, 4.69) is 15.3 Å². The highest BCUT2D eigenvalue weighted by atomic mass is 16.2. The number of benzene rings is 1. The second-order valence-electron chi connectivity index (χ2n) is 4.48. The molecule has 1 aromatic carbocycles. The van der Waals surface area contributed by atoms with Gasteiger partial charge in [0.1, 0.15) is 11.7 Å². The summed E-state index contributed by atoms with van der Waals surface area (Å²) in [5, 5.41) is 3.88. The highest BCUT2D eigenvalue weighted by Crippen LogP contribution is 2.18. The molecule has 1 aliphatic heterocycles. The number of carbonyl (C=O) groups is 1. The van der Waals surface area contributed by atoms with Crippen LogP contribution in [-0.4, -0.2) is 22.8 Å². The third-order valence-corrected chi connectivity index (χ3v) is 3.11. The quantitative estimate of drug-likeness (QED) is 0.825. The number of fused-ring (bicyclic) bond motifs is 1. The van der Waals surface area contributed by atoms with Gasteiger partial charge in [0.05, 0.1) is 5.52 Å². The Bertz CT molecular complexity index is 676. The molecule has 0 radical (unpaired) electrons. The van der Waals surface area contributed by atoms with Crippen LogP contribution in [0.25, 0.3) is 10.9 Å². The van der Waals surface area contributed by atoms with Crippen LogP contribution in [0.3, 0.4) is 0 Å². The number of rotatable bonds is 1. The van der Waals surface area contributed by atoms with Gasteiger partial charge in [-0.1, -0.05) is 18.2 Å². The molecule has 0 aliphatic carbocycles. The van der Waals surface area contributed by atoms with Crippen LogP contribution in [0.5, 0.6) is 0 Å². The molecule has 1 aliphatic rings. The zero-order chi connectivity index (χ0) is 12.7. The Hall–Kier alpha value is -2.23. The molecule has 1 unspecified atom stereocenters. The lowest BCUT2D eigenvalue weighted by Crippen LogP contribution is -2.28. The number of hydrogen-bond acceptors (Lipinski definition) is 3. The summed E-state index contributed by atoms with van der Waals surface area (Å²) in [5.74, 6) is 0.499. The maximum Gasteiger partial charge on any atom is 0.250 e. The Balaban J connectivity index is 2.14. The van der Waals surface area contributed by atoms with E-state index in [-0.39, 0.29) is 11.9 Å². The maximum atomic E-state index is 11.5. The molecule has 1 aromatic heterocycles. The van der Waals surface area contributed by atoms with Crippen LogP contribution < -0.4 is 5.32 Å². The Morgan fingerprint density at radius 1 is 1.28 bits per heavy atom. The zero-order valence-electron chi connectivity index (χ0n) is 10.3. The van der Waals surface area contributed by atoms with Crippen molar-refractivity contribution in [3.63, 3.8) is 0 Å². The van der Waals surface area contributed by atoms with E-state index >= 15 is 0 Å². The first kappa shape index (κ1) is 10.9. The molecule has 18 heavy (non-hydrogen) atoms. The molecular formula is C14H13N3O. The molecule has 0 bridgehead atoms. The lowest BCUT2D eigenvalue weighted by atomic mass is 10.1. The molecule has 1 amide bonds. The number of pyridine rings is 1. The van der Waals surface area contributed by atoms with Crippen molar-refractivity contribution < 1.29 is 4.79 Å². The third-order valence-electron chi connectivity index (χ3n) is 3.11. The van der Waals surface area contributed by atoms with Crippen LogP contribution in [0, 0.1) is 6.92 Å². The summed E-state index contributed by atoms with van der Waals surface area (Å²) in [4.78, 5) is 20.3. The van der Waals surface area contributed by atoms with E-state index in [1.54, 1.807) is 6.92 Å². The van der Waals surface area contributed by atoms with Crippen molar-refractivity contribution in [2.45, 2.75) is 19.9 Å². The number of aromatic nitrogens is 1. The van der Waals surface area contributed by atoms with Gasteiger partial charge in [0.2, 0.25) is 5.91 Å². The van der Waals surface area contributed by atoms with E-state index in [0.29, 0.717) is 5.84 Å². The molecule has 1 N–H and O–H groups in total. The summed E-state index contributed by atoms with van der Waals surface area (Å²) in [6.45, 7) is 3.81. The Kier molecular flexibility index (Phi) is 2.37. The van der Waals surface area contributed by atoms with Crippen LogP contribution in [-0.2, 0) is 4.79 Å². The topological polar surface area (TPSA) is 54.4 Å². The van der Waals surface area contributed by atoms with Crippen LogP contribution in [0.15, 0.2) is 35.3 Å². The van der Waals surface area contributed by atoms with Crippen molar-refractivity contribution in [1.82, 2.24) is 10.3 Å². The second kappa shape index (κ2) is 3.91. The number of amidine groups is 1. The Morgan fingerprint density at radius 3 is 2.78 bits per heavy atom. The van der Waals surface area contributed by atoms with E-state index < -0.39 is 0 Å². The first-order valence-electron chi connectivity index (χ1n) is 5.90. The average molecular weight is 239 g/mol. The van der Waals surface area contributed by atoms with Gasteiger partial charge in [0.25, 0.3) is 0 Å².